The lowest BCUT2D eigenvalue weighted by molar-refractivity contribution is -0.140. The summed E-state index contributed by atoms with van der Waals surface area (Å²) in [4.78, 5) is 31.8. The lowest BCUT2D eigenvalue weighted by atomic mass is 9.95. The van der Waals surface area contributed by atoms with Crippen molar-refractivity contribution >= 4 is 40.7 Å². The fraction of sp³-hybridized carbons (Fsp3) is 0.160. The zero-order chi connectivity index (χ0) is 23.0. The number of Topliss-reactive ketones (excluding diaryl/α,β-unsaturated/α-hetero) is 1. The molecular weight excluding hydrogens is 447 g/mol. The topological polar surface area (TPSA) is 70.5 Å². The predicted octanol–water partition coefficient (Wildman–Crippen LogP) is 5.63. The highest BCUT2D eigenvalue weighted by Gasteiger charge is 2.46. The first-order chi connectivity index (χ1) is 15.3. The molecule has 3 aromatic rings. The van der Waals surface area contributed by atoms with E-state index < -0.39 is 17.7 Å². The smallest absolute Gasteiger partial charge is 0.295 e. The van der Waals surface area contributed by atoms with Crippen LogP contribution in [0, 0.1) is 13.8 Å². The number of nitrogens with zero attached hydrogens (tertiary/aromatic N) is 2. The van der Waals surface area contributed by atoms with Crippen LogP contribution in [0.5, 0.6) is 0 Å². The van der Waals surface area contributed by atoms with Gasteiger partial charge in [-0.15, -0.1) is 0 Å². The van der Waals surface area contributed by atoms with Crippen LogP contribution >= 0.6 is 23.2 Å². The minimum Gasteiger partial charge on any atom is -0.507 e. The number of aromatic nitrogens is 1. The molecule has 32 heavy (non-hydrogen) atoms. The Kier molecular flexibility index (Phi) is 6.04. The van der Waals surface area contributed by atoms with Gasteiger partial charge in [0.05, 0.1) is 21.7 Å². The number of carbonyl (C=O) groups excluding carboxylic acids is 2. The molecule has 1 unspecified atom stereocenters. The number of aryl methyl sites for hydroxylation is 2. The minimum absolute atomic E-state index is 0.00453. The number of amides is 1. The summed E-state index contributed by atoms with van der Waals surface area (Å²) in [5.74, 6) is -1.72. The van der Waals surface area contributed by atoms with Crippen LogP contribution in [0.2, 0.25) is 10.0 Å². The minimum atomic E-state index is -0.771. The van der Waals surface area contributed by atoms with E-state index in [0.717, 1.165) is 16.7 Å². The molecule has 5 nitrogen and oxygen atoms in total. The van der Waals surface area contributed by atoms with Gasteiger partial charge in [0.15, 0.2) is 0 Å². The molecule has 1 aliphatic heterocycles. The lowest BCUT2D eigenvalue weighted by Gasteiger charge is -2.26. The van der Waals surface area contributed by atoms with Gasteiger partial charge in [-0.3, -0.25) is 14.6 Å². The number of halogens is 2. The number of hydrogen-bond acceptors (Lipinski definition) is 4. The number of carbonyl (C=O) groups is 2. The third kappa shape index (κ3) is 4.01. The average molecular weight is 467 g/mol. The van der Waals surface area contributed by atoms with Crippen molar-refractivity contribution in [1.29, 1.82) is 0 Å². The first-order valence-electron chi connectivity index (χ1n) is 9.98. The van der Waals surface area contributed by atoms with Crippen molar-refractivity contribution in [2.45, 2.75) is 26.4 Å². The van der Waals surface area contributed by atoms with Crippen molar-refractivity contribution in [1.82, 2.24) is 9.88 Å². The summed E-state index contributed by atoms with van der Waals surface area (Å²) in [7, 11) is 0. The molecule has 1 fully saturated rings. The number of likely N-dealkylation sites (tertiary alicyclic amines) is 1. The third-order valence-electron chi connectivity index (χ3n) is 5.60. The maximum Gasteiger partial charge on any atom is 0.295 e. The van der Waals surface area contributed by atoms with Crippen LogP contribution in [0.15, 0.2) is 66.5 Å². The van der Waals surface area contributed by atoms with Crippen molar-refractivity contribution < 1.29 is 14.7 Å². The second kappa shape index (κ2) is 8.77. The quantitative estimate of drug-likeness (QED) is 0.307. The molecule has 1 atom stereocenters. The van der Waals surface area contributed by atoms with Gasteiger partial charge in [0.2, 0.25) is 0 Å². The Hall–Kier alpha value is -3.15. The van der Waals surface area contributed by atoms with Crippen molar-refractivity contribution in [2.24, 2.45) is 0 Å². The van der Waals surface area contributed by atoms with Crippen LogP contribution in [0.25, 0.3) is 5.76 Å². The molecule has 0 saturated carbocycles. The van der Waals surface area contributed by atoms with Crippen LogP contribution in [0.1, 0.15) is 33.9 Å². The zero-order valence-electron chi connectivity index (χ0n) is 17.5. The van der Waals surface area contributed by atoms with E-state index in [2.05, 4.69) is 4.98 Å². The molecule has 1 N–H and O–H groups in total. The SMILES string of the molecule is Cc1ccc(C)c(CN2C(=O)C(=O)/C(=C(\O)c3ccc(Cl)c(Cl)c3)C2c2ccncc2)c1. The average Bonchev–Trinajstić information content (AvgIpc) is 3.03. The van der Waals surface area contributed by atoms with E-state index in [1.54, 1.807) is 30.6 Å². The van der Waals surface area contributed by atoms with Gasteiger partial charge in [-0.25, -0.2) is 0 Å². The van der Waals surface area contributed by atoms with E-state index in [4.69, 9.17) is 23.2 Å². The number of pyridine rings is 1. The van der Waals surface area contributed by atoms with E-state index >= 15 is 0 Å². The second-order valence-electron chi connectivity index (χ2n) is 7.77. The summed E-state index contributed by atoms with van der Waals surface area (Å²) < 4.78 is 0. The summed E-state index contributed by atoms with van der Waals surface area (Å²) in [5.41, 5.74) is 3.98. The molecule has 1 aromatic heterocycles. The summed E-state index contributed by atoms with van der Waals surface area (Å²) in [6.07, 6.45) is 3.18. The molecule has 2 aromatic carbocycles. The van der Waals surface area contributed by atoms with Gasteiger partial charge in [0, 0.05) is 24.5 Å². The Bertz CT molecular complexity index is 1260. The van der Waals surface area contributed by atoms with Crippen LogP contribution in [-0.4, -0.2) is 26.7 Å². The molecule has 0 radical (unpaired) electrons. The molecule has 7 heteroatoms. The maximum atomic E-state index is 13.1. The highest BCUT2D eigenvalue weighted by atomic mass is 35.5. The van der Waals surface area contributed by atoms with Gasteiger partial charge in [0.1, 0.15) is 5.76 Å². The number of benzene rings is 2. The summed E-state index contributed by atoms with van der Waals surface area (Å²) in [6, 6.07) is 13.2. The van der Waals surface area contributed by atoms with Crippen LogP contribution in [-0.2, 0) is 16.1 Å². The van der Waals surface area contributed by atoms with Crippen molar-refractivity contribution in [3.05, 3.63) is 104 Å². The predicted molar refractivity (Wildman–Crippen MR) is 124 cm³/mol. The molecule has 4 rings (SSSR count). The van der Waals surface area contributed by atoms with Gasteiger partial charge in [0.25, 0.3) is 11.7 Å². The Balaban J connectivity index is 1.87. The molecule has 2 heterocycles. The van der Waals surface area contributed by atoms with Gasteiger partial charge >= 0.3 is 0 Å². The van der Waals surface area contributed by atoms with Gasteiger partial charge in [-0.05, 0) is 60.9 Å². The standard InChI is InChI=1S/C25H20Cl2N2O3/c1-14-3-4-15(2)18(11-14)13-29-22(16-7-9-28-10-8-16)21(24(31)25(29)32)23(30)17-5-6-19(26)20(27)12-17/h3-12,22,30H,13H2,1-2H3/b23-21-. The normalized spacial score (nSPS) is 17.8. The second-order valence-corrected chi connectivity index (χ2v) is 8.58. The van der Waals surface area contributed by atoms with Crippen molar-refractivity contribution in [3.63, 3.8) is 0 Å². The maximum absolute atomic E-state index is 13.1. The van der Waals surface area contributed by atoms with E-state index in [9.17, 15) is 14.7 Å². The third-order valence-corrected chi connectivity index (χ3v) is 6.34. The summed E-state index contributed by atoms with van der Waals surface area (Å²) in [5, 5.41) is 11.7. The van der Waals surface area contributed by atoms with E-state index in [-0.39, 0.29) is 22.9 Å². The molecule has 162 valence electrons. The van der Waals surface area contributed by atoms with Crippen LogP contribution in [0.4, 0.5) is 0 Å². The monoisotopic (exact) mass is 466 g/mol. The number of hydrogen-bond donors (Lipinski definition) is 1. The highest BCUT2D eigenvalue weighted by Crippen LogP contribution is 2.41. The van der Waals surface area contributed by atoms with E-state index in [0.29, 0.717) is 16.1 Å². The zero-order valence-corrected chi connectivity index (χ0v) is 19.0. The Labute approximate surface area is 195 Å². The molecule has 0 spiro atoms. The molecule has 0 aliphatic carbocycles. The summed E-state index contributed by atoms with van der Waals surface area (Å²) in [6.45, 7) is 4.16. The van der Waals surface area contributed by atoms with Crippen molar-refractivity contribution in [3.8, 4) is 0 Å². The van der Waals surface area contributed by atoms with Crippen molar-refractivity contribution in [2.75, 3.05) is 0 Å². The number of rotatable bonds is 4. The first-order valence-corrected chi connectivity index (χ1v) is 10.7. The van der Waals surface area contributed by atoms with Crippen LogP contribution in [0.3, 0.4) is 0 Å². The lowest BCUT2D eigenvalue weighted by Crippen LogP contribution is -2.29. The van der Waals surface area contributed by atoms with Gasteiger partial charge in [-0.1, -0.05) is 47.0 Å². The first kappa shape index (κ1) is 22.1. The fourth-order valence-electron chi connectivity index (χ4n) is 3.89. The largest absolute Gasteiger partial charge is 0.507 e. The molecule has 1 saturated heterocycles. The molecular formula is C25H20Cl2N2O3. The number of aliphatic hydroxyl groups excluding tert-OH is 1. The fourth-order valence-corrected chi connectivity index (χ4v) is 4.19. The molecule has 1 aliphatic rings. The van der Waals surface area contributed by atoms with Crippen LogP contribution < -0.4 is 0 Å². The van der Waals surface area contributed by atoms with E-state index in [1.807, 2.05) is 32.0 Å². The van der Waals surface area contributed by atoms with Gasteiger partial charge < -0.3 is 10.0 Å². The van der Waals surface area contributed by atoms with E-state index in [1.165, 1.54) is 17.0 Å². The number of ketones is 1. The Morgan fingerprint density at radius 2 is 1.72 bits per heavy atom. The Morgan fingerprint density at radius 1 is 1.00 bits per heavy atom. The van der Waals surface area contributed by atoms with Gasteiger partial charge in [-0.2, -0.15) is 0 Å². The number of aliphatic hydroxyl groups is 1. The molecule has 1 amide bonds. The summed E-state index contributed by atoms with van der Waals surface area (Å²) >= 11 is 12.1. The Morgan fingerprint density at radius 3 is 2.41 bits per heavy atom. The highest BCUT2D eigenvalue weighted by molar-refractivity contribution is 6.46. The molecule has 0 bridgehead atoms.